The average molecular weight is 300 g/mol. The Hall–Kier alpha value is -2.21. The minimum atomic E-state index is -0.154. The number of likely N-dealkylation sites (tertiary alicyclic amines) is 1. The van der Waals surface area contributed by atoms with E-state index in [0.29, 0.717) is 29.3 Å². The van der Waals surface area contributed by atoms with E-state index in [1.165, 1.54) is 12.8 Å². The molecule has 0 radical (unpaired) electrons. The molecule has 0 saturated carbocycles. The van der Waals surface area contributed by atoms with Crippen molar-refractivity contribution in [2.75, 3.05) is 26.2 Å². The maximum Gasteiger partial charge on any atom is 0.257 e. The van der Waals surface area contributed by atoms with Crippen molar-refractivity contribution in [1.82, 2.24) is 20.4 Å². The van der Waals surface area contributed by atoms with E-state index in [4.69, 9.17) is 4.52 Å². The molecule has 116 valence electrons. The fourth-order valence-electron chi connectivity index (χ4n) is 2.74. The third kappa shape index (κ3) is 3.17. The fourth-order valence-corrected chi connectivity index (χ4v) is 2.74. The van der Waals surface area contributed by atoms with Crippen molar-refractivity contribution in [3.63, 3.8) is 0 Å². The van der Waals surface area contributed by atoms with Gasteiger partial charge in [0.1, 0.15) is 17.0 Å². The number of carbonyl (C=O) groups excluding carboxylic acids is 1. The topological polar surface area (TPSA) is 71.3 Å². The summed E-state index contributed by atoms with van der Waals surface area (Å²) in [5, 5.41) is 6.94. The summed E-state index contributed by atoms with van der Waals surface area (Å²) in [5.41, 5.74) is 1.61. The predicted octanol–water partition coefficient (Wildman–Crippen LogP) is 1.87. The van der Waals surface area contributed by atoms with Crippen LogP contribution >= 0.6 is 0 Å². The molecule has 3 rings (SSSR count). The van der Waals surface area contributed by atoms with Crippen molar-refractivity contribution in [2.24, 2.45) is 0 Å². The van der Waals surface area contributed by atoms with Gasteiger partial charge in [0, 0.05) is 19.3 Å². The first-order chi connectivity index (χ1) is 10.8. The van der Waals surface area contributed by atoms with Gasteiger partial charge in [-0.2, -0.15) is 0 Å². The minimum Gasteiger partial charge on any atom is -0.360 e. The van der Waals surface area contributed by atoms with E-state index >= 15 is 0 Å². The minimum absolute atomic E-state index is 0.154. The van der Waals surface area contributed by atoms with Gasteiger partial charge in [0.25, 0.3) is 5.91 Å². The predicted molar refractivity (Wildman–Crippen MR) is 82.5 cm³/mol. The average Bonchev–Trinajstić information content (AvgIpc) is 3.17. The first-order valence-electron chi connectivity index (χ1n) is 7.64. The number of nitrogens with one attached hydrogen (secondary N) is 1. The summed E-state index contributed by atoms with van der Waals surface area (Å²) >= 11 is 0. The molecule has 22 heavy (non-hydrogen) atoms. The highest BCUT2D eigenvalue weighted by atomic mass is 16.5. The molecule has 0 atom stereocenters. The maximum absolute atomic E-state index is 12.4. The van der Waals surface area contributed by atoms with Crippen LogP contribution < -0.4 is 5.32 Å². The van der Waals surface area contributed by atoms with Gasteiger partial charge in [-0.25, -0.2) is 0 Å². The van der Waals surface area contributed by atoms with Gasteiger partial charge in [0.2, 0.25) is 0 Å². The van der Waals surface area contributed by atoms with Gasteiger partial charge >= 0.3 is 0 Å². The number of aryl methyl sites for hydroxylation is 1. The van der Waals surface area contributed by atoms with Crippen LogP contribution in [0.1, 0.15) is 29.0 Å². The maximum atomic E-state index is 12.4. The Balaban J connectivity index is 1.68. The summed E-state index contributed by atoms with van der Waals surface area (Å²) in [7, 11) is 0. The number of carbonyl (C=O) groups is 1. The van der Waals surface area contributed by atoms with E-state index in [-0.39, 0.29) is 5.91 Å². The van der Waals surface area contributed by atoms with Gasteiger partial charge < -0.3 is 14.7 Å². The third-order valence-corrected chi connectivity index (χ3v) is 3.91. The molecular formula is C16H20N4O2. The molecule has 6 heteroatoms. The number of hydrogen-bond donors (Lipinski definition) is 1. The molecule has 1 aliphatic heterocycles. The van der Waals surface area contributed by atoms with Crippen LogP contribution in [-0.4, -0.2) is 47.1 Å². The normalized spacial score (nSPS) is 15.1. The summed E-state index contributed by atoms with van der Waals surface area (Å²) in [6.07, 6.45) is 4.18. The Morgan fingerprint density at radius 2 is 2.18 bits per heavy atom. The van der Waals surface area contributed by atoms with Gasteiger partial charge in [0.15, 0.2) is 0 Å². The lowest BCUT2D eigenvalue weighted by Crippen LogP contribution is -2.33. The molecule has 0 aliphatic carbocycles. The third-order valence-electron chi connectivity index (χ3n) is 3.91. The van der Waals surface area contributed by atoms with E-state index in [9.17, 15) is 4.79 Å². The second-order valence-corrected chi connectivity index (χ2v) is 5.48. The molecule has 3 heterocycles. The number of amides is 1. The van der Waals surface area contributed by atoms with Crippen LogP contribution in [-0.2, 0) is 0 Å². The van der Waals surface area contributed by atoms with Gasteiger partial charge in [-0.3, -0.25) is 9.78 Å². The molecule has 2 aromatic heterocycles. The van der Waals surface area contributed by atoms with Crippen molar-refractivity contribution >= 4 is 5.91 Å². The van der Waals surface area contributed by atoms with Gasteiger partial charge in [-0.1, -0.05) is 11.2 Å². The van der Waals surface area contributed by atoms with Crippen LogP contribution in [0.2, 0.25) is 0 Å². The van der Waals surface area contributed by atoms with Crippen molar-refractivity contribution < 1.29 is 9.32 Å². The Morgan fingerprint density at radius 3 is 2.91 bits per heavy atom. The highest BCUT2D eigenvalue weighted by Crippen LogP contribution is 2.23. The quantitative estimate of drug-likeness (QED) is 0.912. The van der Waals surface area contributed by atoms with Crippen LogP contribution in [0.3, 0.4) is 0 Å². The van der Waals surface area contributed by atoms with Crippen molar-refractivity contribution in [3.8, 4) is 11.4 Å². The molecule has 0 spiro atoms. The number of nitrogens with zero attached hydrogens (tertiary/aromatic N) is 3. The van der Waals surface area contributed by atoms with E-state index < -0.39 is 0 Å². The molecule has 1 amide bonds. The van der Waals surface area contributed by atoms with E-state index in [2.05, 4.69) is 20.4 Å². The smallest absolute Gasteiger partial charge is 0.257 e. The first kappa shape index (κ1) is 14.7. The van der Waals surface area contributed by atoms with Crippen LogP contribution in [0.15, 0.2) is 28.9 Å². The first-order valence-corrected chi connectivity index (χ1v) is 7.64. The van der Waals surface area contributed by atoms with Gasteiger partial charge in [-0.05, 0) is 45.0 Å². The Labute approximate surface area is 129 Å². The largest absolute Gasteiger partial charge is 0.360 e. The Morgan fingerprint density at radius 1 is 1.36 bits per heavy atom. The zero-order valence-corrected chi connectivity index (χ0v) is 12.7. The van der Waals surface area contributed by atoms with Crippen molar-refractivity contribution in [1.29, 1.82) is 0 Å². The van der Waals surface area contributed by atoms with Gasteiger partial charge in [0.05, 0.1) is 5.69 Å². The number of hydrogen-bond acceptors (Lipinski definition) is 5. The molecule has 1 fully saturated rings. The molecule has 1 aliphatic rings. The zero-order valence-electron chi connectivity index (χ0n) is 12.7. The highest BCUT2D eigenvalue weighted by molar-refractivity contribution is 6.00. The summed E-state index contributed by atoms with van der Waals surface area (Å²) in [5.74, 6) is 0.359. The van der Waals surface area contributed by atoms with Crippen LogP contribution in [0.25, 0.3) is 11.4 Å². The lowest BCUT2D eigenvalue weighted by molar-refractivity contribution is 0.0949. The van der Waals surface area contributed by atoms with Gasteiger partial charge in [-0.15, -0.1) is 0 Å². The Kier molecular flexibility index (Phi) is 4.48. The number of rotatable bonds is 5. The summed E-state index contributed by atoms with van der Waals surface area (Å²) in [6.45, 7) is 5.51. The molecule has 1 saturated heterocycles. The number of aromatic nitrogens is 2. The van der Waals surface area contributed by atoms with Crippen LogP contribution in [0, 0.1) is 6.92 Å². The Bertz CT molecular complexity index is 633. The fraction of sp³-hybridized carbons (Fsp3) is 0.438. The molecule has 2 aromatic rings. The molecule has 0 unspecified atom stereocenters. The lowest BCUT2D eigenvalue weighted by atomic mass is 10.1. The monoisotopic (exact) mass is 300 g/mol. The lowest BCUT2D eigenvalue weighted by Gasteiger charge is -2.14. The summed E-state index contributed by atoms with van der Waals surface area (Å²) < 4.78 is 5.19. The van der Waals surface area contributed by atoms with Crippen molar-refractivity contribution in [2.45, 2.75) is 19.8 Å². The molecular weight excluding hydrogens is 280 g/mol. The second-order valence-electron chi connectivity index (χ2n) is 5.48. The molecule has 1 N–H and O–H groups in total. The summed E-state index contributed by atoms with van der Waals surface area (Å²) in [4.78, 5) is 19.0. The molecule has 6 nitrogen and oxygen atoms in total. The standard InChI is InChI=1S/C16H20N4O2/c1-12-14(15(19-22-12)13-6-2-3-7-17-13)16(21)18-8-11-20-9-4-5-10-20/h2-3,6-7H,4-5,8-11H2,1H3,(H,18,21). The van der Waals surface area contributed by atoms with E-state index in [0.717, 1.165) is 19.6 Å². The highest BCUT2D eigenvalue weighted by Gasteiger charge is 2.22. The second kappa shape index (κ2) is 6.70. The summed E-state index contributed by atoms with van der Waals surface area (Å²) in [6, 6.07) is 5.51. The number of pyridine rings is 1. The molecule has 0 aromatic carbocycles. The SMILES string of the molecule is Cc1onc(-c2ccccn2)c1C(=O)NCCN1CCCC1. The van der Waals surface area contributed by atoms with Crippen LogP contribution in [0.4, 0.5) is 0 Å². The van der Waals surface area contributed by atoms with Crippen molar-refractivity contribution in [3.05, 3.63) is 35.7 Å². The van der Waals surface area contributed by atoms with E-state index in [1.54, 1.807) is 13.1 Å². The zero-order chi connectivity index (χ0) is 15.4. The van der Waals surface area contributed by atoms with Crippen LogP contribution in [0.5, 0.6) is 0 Å². The molecule has 0 bridgehead atoms. The van der Waals surface area contributed by atoms with E-state index in [1.807, 2.05) is 18.2 Å².